The molecular weight excluding hydrogens is 336 g/mol. The number of amides is 5. The minimum atomic E-state index is -0.954. The molecule has 1 aliphatic heterocycles. The fourth-order valence-electron chi connectivity index (χ4n) is 2.91. The second-order valence-electron chi connectivity index (χ2n) is 6.03. The number of rotatable bonds is 6. The van der Waals surface area contributed by atoms with Gasteiger partial charge in [0.1, 0.15) is 6.54 Å². The van der Waals surface area contributed by atoms with Crippen LogP contribution in [0.4, 0.5) is 4.79 Å². The van der Waals surface area contributed by atoms with Crippen molar-refractivity contribution >= 4 is 36.2 Å². The maximum atomic E-state index is 11.8. The van der Waals surface area contributed by atoms with Gasteiger partial charge in [-0.3, -0.25) is 19.3 Å². The topological polar surface area (TPSA) is 98.8 Å². The first kappa shape index (κ1) is 20.4. The van der Waals surface area contributed by atoms with Crippen molar-refractivity contribution in [1.29, 1.82) is 0 Å². The van der Waals surface area contributed by atoms with Gasteiger partial charge in [0.25, 0.3) is 0 Å². The molecule has 2 aliphatic rings. The van der Waals surface area contributed by atoms with Gasteiger partial charge in [-0.25, -0.2) is 9.69 Å². The van der Waals surface area contributed by atoms with Gasteiger partial charge in [-0.05, 0) is 12.8 Å². The summed E-state index contributed by atoms with van der Waals surface area (Å²) in [6.07, 6.45) is 7.40. The van der Waals surface area contributed by atoms with Crippen molar-refractivity contribution in [3.8, 4) is 0 Å². The zero-order valence-corrected chi connectivity index (χ0v) is 14.7. The summed E-state index contributed by atoms with van der Waals surface area (Å²) in [5, 5.41) is 6.08. The summed E-state index contributed by atoms with van der Waals surface area (Å²) in [6, 6.07) is -0.255. The Hall–Kier alpha value is -1.67. The Labute approximate surface area is 147 Å². The van der Waals surface area contributed by atoms with Gasteiger partial charge >= 0.3 is 17.8 Å². The van der Waals surface area contributed by atoms with Crippen molar-refractivity contribution in [2.75, 3.05) is 26.7 Å². The third-order valence-corrected chi connectivity index (χ3v) is 4.29. The molecule has 1 heterocycles. The number of halogens is 1. The van der Waals surface area contributed by atoms with Gasteiger partial charge < -0.3 is 10.6 Å². The molecule has 1 saturated heterocycles. The zero-order chi connectivity index (χ0) is 16.8. The van der Waals surface area contributed by atoms with E-state index in [1.807, 2.05) is 0 Å². The van der Waals surface area contributed by atoms with E-state index in [0.717, 1.165) is 0 Å². The molecule has 2 N–H and O–H groups in total. The first-order valence-corrected chi connectivity index (χ1v) is 8.14. The standard InChI is InChI=1S/C15H24N4O4.ClH/c1-18-13(21)14(22)19(15(18)23)10-12(20)17-9-8-16-11-6-4-2-3-5-7-11;/h11,16H,2-10H2,1H3,(H,17,20);1H. The summed E-state index contributed by atoms with van der Waals surface area (Å²) < 4.78 is 0. The van der Waals surface area contributed by atoms with Gasteiger partial charge in [0, 0.05) is 26.2 Å². The first-order valence-electron chi connectivity index (χ1n) is 8.14. The molecule has 0 aromatic carbocycles. The van der Waals surface area contributed by atoms with Crippen LogP contribution in [0.3, 0.4) is 0 Å². The van der Waals surface area contributed by atoms with E-state index in [-0.39, 0.29) is 12.4 Å². The van der Waals surface area contributed by atoms with E-state index in [9.17, 15) is 19.2 Å². The molecular formula is C15H25ClN4O4. The summed E-state index contributed by atoms with van der Waals surface area (Å²) in [5.74, 6) is -2.31. The highest BCUT2D eigenvalue weighted by molar-refractivity contribution is 6.44. The van der Waals surface area contributed by atoms with E-state index in [1.165, 1.54) is 45.6 Å². The van der Waals surface area contributed by atoms with Crippen LogP contribution in [0.5, 0.6) is 0 Å². The molecule has 0 aromatic heterocycles. The predicted molar refractivity (Wildman–Crippen MR) is 89.6 cm³/mol. The van der Waals surface area contributed by atoms with Gasteiger partial charge in [-0.15, -0.1) is 12.4 Å². The Morgan fingerprint density at radius 2 is 1.67 bits per heavy atom. The van der Waals surface area contributed by atoms with Crippen molar-refractivity contribution in [3.63, 3.8) is 0 Å². The third-order valence-electron chi connectivity index (χ3n) is 4.29. The van der Waals surface area contributed by atoms with Gasteiger partial charge in [-0.2, -0.15) is 0 Å². The minimum Gasteiger partial charge on any atom is -0.353 e. The minimum absolute atomic E-state index is 0. The lowest BCUT2D eigenvalue weighted by Gasteiger charge is -2.17. The summed E-state index contributed by atoms with van der Waals surface area (Å²) in [6.45, 7) is 0.656. The monoisotopic (exact) mass is 360 g/mol. The van der Waals surface area contributed by atoms with Crippen molar-refractivity contribution in [2.45, 2.75) is 44.6 Å². The van der Waals surface area contributed by atoms with Crippen LogP contribution in [0, 0.1) is 0 Å². The summed E-state index contributed by atoms with van der Waals surface area (Å²) in [4.78, 5) is 47.7. The van der Waals surface area contributed by atoms with Crippen LogP contribution in [0.15, 0.2) is 0 Å². The number of urea groups is 1. The molecule has 9 heteroatoms. The molecule has 0 atom stereocenters. The van der Waals surface area contributed by atoms with Crippen LogP contribution in [0.25, 0.3) is 0 Å². The van der Waals surface area contributed by atoms with Crippen molar-refractivity contribution in [3.05, 3.63) is 0 Å². The number of carbonyl (C=O) groups excluding carboxylic acids is 4. The maximum Gasteiger partial charge on any atom is 0.334 e. The Morgan fingerprint density at radius 1 is 1.04 bits per heavy atom. The number of imide groups is 2. The Morgan fingerprint density at radius 3 is 2.21 bits per heavy atom. The Bertz CT molecular complexity index is 492. The van der Waals surface area contributed by atoms with E-state index < -0.39 is 30.3 Å². The van der Waals surface area contributed by atoms with Crippen LogP contribution in [0.2, 0.25) is 0 Å². The highest BCUT2D eigenvalue weighted by Crippen LogP contribution is 2.16. The van der Waals surface area contributed by atoms with E-state index in [4.69, 9.17) is 0 Å². The number of nitrogens with one attached hydrogen (secondary N) is 2. The highest BCUT2D eigenvalue weighted by atomic mass is 35.5. The Balaban J connectivity index is 0.00000288. The van der Waals surface area contributed by atoms with Crippen LogP contribution in [0.1, 0.15) is 38.5 Å². The fourth-order valence-corrected chi connectivity index (χ4v) is 2.91. The number of nitrogens with zero attached hydrogens (tertiary/aromatic N) is 2. The molecule has 0 spiro atoms. The second kappa shape index (κ2) is 9.58. The van der Waals surface area contributed by atoms with Gasteiger partial charge in [-0.1, -0.05) is 25.7 Å². The van der Waals surface area contributed by atoms with Crippen LogP contribution in [-0.4, -0.2) is 66.3 Å². The molecule has 0 aromatic rings. The molecule has 0 radical (unpaired) electrons. The summed E-state index contributed by atoms with van der Waals surface area (Å²) in [7, 11) is 1.22. The molecule has 2 rings (SSSR count). The quantitative estimate of drug-likeness (QED) is 0.306. The Kier molecular flexibility index (Phi) is 8.14. The van der Waals surface area contributed by atoms with Gasteiger partial charge in [0.2, 0.25) is 5.91 Å². The zero-order valence-electron chi connectivity index (χ0n) is 13.9. The summed E-state index contributed by atoms with van der Waals surface area (Å²) >= 11 is 0. The van der Waals surface area contributed by atoms with Crippen molar-refractivity contribution in [1.82, 2.24) is 20.4 Å². The van der Waals surface area contributed by atoms with Gasteiger partial charge in [0.15, 0.2) is 0 Å². The van der Waals surface area contributed by atoms with E-state index in [1.54, 1.807) is 0 Å². The molecule has 5 amide bonds. The van der Waals surface area contributed by atoms with Gasteiger partial charge in [0.05, 0.1) is 0 Å². The smallest absolute Gasteiger partial charge is 0.334 e. The van der Waals surface area contributed by atoms with Crippen molar-refractivity contribution < 1.29 is 19.2 Å². The number of hydrogen-bond donors (Lipinski definition) is 2. The molecule has 8 nitrogen and oxygen atoms in total. The normalized spacial score (nSPS) is 19.3. The molecule has 1 aliphatic carbocycles. The average molecular weight is 361 g/mol. The summed E-state index contributed by atoms with van der Waals surface area (Å²) in [5.41, 5.74) is 0. The largest absolute Gasteiger partial charge is 0.353 e. The maximum absolute atomic E-state index is 11.8. The third kappa shape index (κ3) is 5.17. The van der Waals surface area contributed by atoms with Crippen molar-refractivity contribution in [2.24, 2.45) is 0 Å². The second-order valence-corrected chi connectivity index (χ2v) is 6.03. The molecule has 2 fully saturated rings. The average Bonchev–Trinajstić information content (AvgIpc) is 2.77. The van der Waals surface area contributed by atoms with Crippen LogP contribution in [-0.2, 0) is 14.4 Å². The van der Waals surface area contributed by atoms with E-state index in [0.29, 0.717) is 28.9 Å². The van der Waals surface area contributed by atoms with Crippen LogP contribution < -0.4 is 10.6 Å². The lowest BCUT2D eigenvalue weighted by molar-refractivity contribution is -0.143. The lowest BCUT2D eigenvalue weighted by Crippen LogP contribution is -2.43. The fraction of sp³-hybridized carbons (Fsp3) is 0.733. The molecule has 0 bridgehead atoms. The molecule has 1 saturated carbocycles. The molecule has 0 unspecified atom stereocenters. The molecule has 136 valence electrons. The van der Waals surface area contributed by atoms with E-state index in [2.05, 4.69) is 10.6 Å². The lowest BCUT2D eigenvalue weighted by atomic mass is 10.1. The van der Waals surface area contributed by atoms with E-state index >= 15 is 0 Å². The highest BCUT2D eigenvalue weighted by Gasteiger charge is 2.42. The SMILES string of the molecule is CN1C(=O)C(=O)N(CC(=O)NCCNC2CCCCCC2)C1=O.Cl. The number of carbonyl (C=O) groups is 4. The number of hydrogen-bond acceptors (Lipinski definition) is 5. The number of likely N-dealkylation sites (N-methyl/N-ethyl adjacent to an activating group) is 1. The first-order chi connectivity index (χ1) is 11.0. The van der Waals surface area contributed by atoms with Crippen LogP contribution >= 0.6 is 12.4 Å². The molecule has 24 heavy (non-hydrogen) atoms. The predicted octanol–water partition coefficient (Wildman–Crippen LogP) is 0.257.